The van der Waals surface area contributed by atoms with Gasteiger partial charge in [-0.05, 0) is 31.1 Å². The maximum Gasteiger partial charge on any atom is 0.326 e. The number of aromatic hydroxyl groups is 1. The molecule has 0 atom stereocenters. The molecule has 4 N–H and O–H groups in total. The molecule has 30 heavy (non-hydrogen) atoms. The molecule has 1 saturated carbocycles. The number of aromatic amines is 2. The Hall–Kier alpha value is -4.09. The van der Waals surface area contributed by atoms with Crippen LogP contribution < -0.4 is 21.8 Å². The molecule has 3 aromatic heterocycles. The summed E-state index contributed by atoms with van der Waals surface area (Å²) >= 11 is 0. The molecular weight excluding hydrogens is 398 g/mol. The molecule has 0 spiro atoms. The van der Waals surface area contributed by atoms with E-state index < -0.39 is 17.3 Å². The van der Waals surface area contributed by atoms with E-state index in [4.69, 9.17) is 0 Å². The van der Waals surface area contributed by atoms with Crippen molar-refractivity contribution in [1.82, 2.24) is 29.5 Å². The number of anilines is 2. The van der Waals surface area contributed by atoms with Gasteiger partial charge in [0, 0.05) is 17.0 Å². The third-order valence-electron chi connectivity index (χ3n) is 4.43. The van der Waals surface area contributed by atoms with E-state index in [1.165, 1.54) is 22.9 Å². The van der Waals surface area contributed by atoms with Crippen LogP contribution in [0.4, 0.5) is 20.4 Å². The fourth-order valence-electron chi connectivity index (χ4n) is 2.84. The van der Waals surface area contributed by atoms with Crippen molar-refractivity contribution in [3.63, 3.8) is 0 Å². The molecule has 5 rings (SSSR count). The molecule has 1 fully saturated rings. The van der Waals surface area contributed by atoms with Crippen molar-refractivity contribution >= 4 is 23.4 Å². The normalized spacial score (nSPS) is 15.3. The van der Waals surface area contributed by atoms with Crippen LogP contribution in [0.2, 0.25) is 0 Å². The Morgan fingerprint density at radius 1 is 1.23 bits per heavy atom. The second-order valence-corrected chi connectivity index (χ2v) is 6.78. The van der Waals surface area contributed by atoms with Gasteiger partial charge in [-0.2, -0.15) is 19.6 Å². The van der Waals surface area contributed by atoms with Gasteiger partial charge in [-0.25, -0.2) is 18.6 Å². The molecule has 4 aromatic rings. The van der Waals surface area contributed by atoms with E-state index >= 15 is 0 Å². The summed E-state index contributed by atoms with van der Waals surface area (Å²) < 4.78 is 28.2. The van der Waals surface area contributed by atoms with Crippen molar-refractivity contribution in [3.05, 3.63) is 63.0 Å². The van der Waals surface area contributed by atoms with Gasteiger partial charge in [-0.15, -0.1) is 0 Å². The summed E-state index contributed by atoms with van der Waals surface area (Å²) in [6, 6.07) is 3.48. The molecule has 0 bridgehead atoms. The first-order chi connectivity index (χ1) is 14.5. The van der Waals surface area contributed by atoms with Gasteiger partial charge in [0.1, 0.15) is 5.69 Å². The van der Waals surface area contributed by atoms with Gasteiger partial charge >= 0.3 is 5.69 Å². The predicted octanol–water partition coefficient (Wildman–Crippen LogP) is 0.479. The van der Waals surface area contributed by atoms with E-state index in [9.17, 15) is 18.7 Å². The number of nitrogens with one attached hydrogen (secondary N) is 3. The number of rotatable bonds is 4. The zero-order valence-electron chi connectivity index (χ0n) is 15.2. The Morgan fingerprint density at radius 2 is 2.07 bits per heavy atom. The Labute approximate surface area is 165 Å². The molecule has 152 valence electrons. The molecule has 0 unspecified atom stereocenters. The molecule has 1 aromatic carbocycles. The van der Waals surface area contributed by atoms with E-state index in [2.05, 4.69) is 35.3 Å². The smallest absolute Gasteiger partial charge is 0.326 e. The van der Waals surface area contributed by atoms with Gasteiger partial charge in [-0.3, -0.25) is 4.98 Å². The Morgan fingerprint density at radius 3 is 2.77 bits per heavy atom. The first-order valence-electron chi connectivity index (χ1n) is 9.01. The first-order valence-corrected chi connectivity index (χ1v) is 9.01. The SMILES string of the molecule is O=c1[nH]c(O)c(/C=c2\cnn3c(=NC4CC4)nc(Nc4ccc(F)c(F)c4)nc23)[nH]1. The molecule has 10 nitrogen and oxygen atoms in total. The highest BCUT2D eigenvalue weighted by atomic mass is 19.2. The van der Waals surface area contributed by atoms with E-state index in [-0.39, 0.29) is 29.3 Å². The summed E-state index contributed by atoms with van der Waals surface area (Å²) in [7, 11) is 0. The minimum atomic E-state index is -1.01. The first kappa shape index (κ1) is 18.0. The number of aromatic nitrogens is 6. The highest BCUT2D eigenvalue weighted by Crippen LogP contribution is 2.22. The Bertz CT molecular complexity index is 1450. The van der Waals surface area contributed by atoms with Crippen LogP contribution in [0.25, 0.3) is 11.7 Å². The number of fused-ring (bicyclic) bond motifs is 1. The van der Waals surface area contributed by atoms with E-state index in [0.717, 1.165) is 25.0 Å². The number of hydrogen-bond donors (Lipinski definition) is 4. The summed E-state index contributed by atoms with van der Waals surface area (Å²) in [6.07, 6.45) is 4.86. The third-order valence-corrected chi connectivity index (χ3v) is 4.43. The van der Waals surface area contributed by atoms with Crippen molar-refractivity contribution in [3.8, 4) is 5.88 Å². The van der Waals surface area contributed by atoms with Crippen LogP contribution >= 0.6 is 0 Å². The zero-order valence-corrected chi connectivity index (χ0v) is 15.2. The lowest BCUT2D eigenvalue weighted by atomic mass is 10.3. The summed E-state index contributed by atoms with van der Waals surface area (Å²) in [5.74, 6) is -2.19. The second kappa shape index (κ2) is 6.76. The number of hydrogen-bond acceptors (Lipinski definition) is 7. The molecule has 1 aliphatic carbocycles. The number of H-pyrrole nitrogens is 2. The van der Waals surface area contributed by atoms with Crippen LogP contribution in [0.5, 0.6) is 5.88 Å². The summed E-state index contributed by atoms with van der Waals surface area (Å²) in [5.41, 5.74) is 0.488. The molecular formula is C18H14F2N8O2. The predicted molar refractivity (Wildman–Crippen MR) is 101 cm³/mol. The zero-order chi connectivity index (χ0) is 20.8. The van der Waals surface area contributed by atoms with Crippen molar-refractivity contribution in [1.29, 1.82) is 0 Å². The molecule has 0 saturated heterocycles. The van der Waals surface area contributed by atoms with Crippen LogP contribution in [0.15, 0.2) is 34.2 Å². The van der Waals surface area contributed by atoms with E-state index in [0.29, 0.717) is 16.5 Å². The summed E-state index contributed by atoms with van der Waals surface area (Å²) in [4.78, 5) is 29.3. The summed E-state index contributed by atoms with van der Waals surface area (Å²) in [6.45, 7) is 0. The maximum absolute atomic E-state index is 13.5. The molecule has 0 amide bonds. The molecule has 0 radical (unpaired) electrons. The fourth-order valence-corrected chi connectivity index (χ4v) is 2.84. The Kier molecular flexibility index (Phi) is 4.05. The van der Waals surface area contributed by atoms with Gasteiger partial charge in [0.15, 0.2) is 17.3 Å². The fraction of sp³-hybridized carbons (Fsp3) is 0.167. The quantitative estimate of drug-likeness (QED) is 0.385. The molecule has 0 aliphatic heterocycles. The minimum absolute atomic E-state index is 0.106. The number of benzene rings is 1. The lowest BCUT2D eigenvalue weighted by molar-refractivity contribution is 0.454. The van der Waals surface area contributed by atoms with Crippen LogP contribution in [-0.4, -0.2) is 40.7 Å². The van der Waals surface area contributed by atoms with E-state index in [1.807, 2.05) is 0 Å². The lowest BCUT2D eigenvalue weighted by Gasteiger charge is -2.05. The van der Waals surface area contributed by atoms with Gasteiger partial charge < -0.3 is 15.4 Å². The number of imidazole rings is 1. The van der Waals surface area contributed by atoms with Crippen LogP contribution in [0, 0.1) is 11.6 Å². The topological polar surface area (TPSA) is 136 Å². The monoisotopic (exact) mass is 412 g/mol. The van der Waals surface area contributed by atoms with Crippen molar-refractivity contribution in [2.75, 3.05) is 5.32 Å². The van der Waals surface area contributed by atoms with Crippen LogP contribution in [0.3, 0.4) is 0 Å². The highest BCUT2D eigenvalue weighted by Gasteiger charge is 2.21. The van der Waals surface area contributed by atoms with Gasteiger partial charge in [-0.1, -0.05) is 0 Å². The van der Waals surface area contributed by atoms with Gasteiger partial charge in [0.25, 0.3) is 5.62 Å². The second-order valence-electron chi connectivity index (χ2n) is 6.78. The number of halogens is 2. The standard InChI is InChI=1S/C18H14F2N8O2/c19-11-4-3-10(6-12(11)20)22-16-25-14-8(5-13-15(29)26-18(30)24-13)7-21-28(14)17(27-16)23-9-1-2-9/h3-7,9,29H,1-2H2,(H,22,23,27)(H2,24,26,30)/b8-5+. The van der Waals surface area contributed by atoms with Crippen molar-refractivity contribution < 1.29 is 13.9 Å². The van der Waals surface area contributed by atoms with Crippen LogP contribution in [-0.2, 0) is 0 Å². The third kappa shape index (κ3) is 3.38. The maximum atomic E-state index is 13.5. The van der Waals surface area contributed by atoms with Gasteiger partial charge in [0.05, 0.1) is 12.2 Å². The largest absolute Gasteiger partial charge is 0.493 e. The minimum Gasteiger partial charge on any atom is -0.493 e. The highest BCUT2D eigenvalue weighted by molar-refractivity contribution is 5.59. The Balaban J connectivity index is 1.67. The van der Waals surface area contributed by atoms with Crippen molar-refractivity contribution in [2.24, 2.45) is 4.99 Å². The molecule has 3 heterocycles. The average Bonchev–Trinajstić information content (AvgIpc) is 3.34. The average molecular weight is 412 g/mol. The van der Waals surface area contributed by atoms with Gasteiger partial charge in [0.2, 0.25) is 11.8 Å². The molecule has 1 aliphatic rings. The lowest BCUT2D eigenvalue weighted by Crippen LogP contribution is -2.24. The van der Waals surface area contributed by atoms with Crippen molar-refractivity contribution in [2.45, 2.75) is 18.9 Å². The van der Waals surface area contributed by atoms with E-state index in [1.54, 1.807) is 0 Å². The van der Waals surface area contributed by atoms with Crippen LogP contribution in [0.1, 0.15) is 18.5 Å². The summed E-state index contributed by atoms with van der Waals surface area (Å²) in [5, 5.41) is 17.4. The molecule has 12 heteroatoms. The number of nitrogens with zero attached hydrogens (tertiary/aromatic N) is 5.